The van der Waals surface area contributed by atoms with Crippen LogP contribution in [-0.2, 0) is 16.1 Å². The van der Waals surface area contributed by atoms with Crippen LogP contribution in [0, 0.1) is 6.92 Å². The SMILES string of the molecule is Cc1cc(NC(=O)[C@@H](C)OC(=O)c2ccc(CNC(=O)NC(C)C)cc2)no1. The maximum Gasteiger partial charge on any atom is 0.338 e. The standard InChI is InChI=1S/C19H24N4O5/c1-11(2)21-19(26)20-10-14-5-7-15(8-6-14)18(25)27-13(4)17(24)22-16-9-12(3)28-23-16/h5-9,11,13H,10H2,1-4H3,(H2,20,21,26)(H,22,23,24)/t13-/m1/s1. The van der Waals surface area contributed by atoms with E-state index in [0.717, 1.165) is 5.56 Å². The van der Waals surface area contributed by atoms with Gasteiger partial charge < -0.3 is 25.2 Å². The van der Waals surface area contributed by atoms with E-state index in [-0.39, 0.29) is 17.9 Å². The van der Waals surface area contributed by atoms with Crippen LogP contribution in [0.15, 0.2) is 34.9 Å². The molecule has 9 heteroatoms. The Kier molecular flexibility index (Phi) is 7.14. The van der Waals surface area contributed by atoms with E-state index in [9.17, 15) is 14.4 Å². The molecule has 0 aliphatic rings. The summed E-state index contributed by atoms with van der Waals surface area (Å²) in [6.07, 6.45) is -1.01. The molecular formula is C19H24N4O5. The van der Waals surface area contributed by atoms with Gasteiger partial charge in [-0.2, -0.15) is 0 Å². The Balaban J connectivity index is 1.84. The lowest BCUT2D eigenvalue weighted by atomic mass is 10.1. The molecule has 2 rings (SSSR count). The molecule has 0 saturated heterocycles. The highest BCUT2D eigenvalue weighted by Gasteiger charge is 2.20. The van der Waals surface area contributed by atoms with Gasteiger partial charge in [-0.3, -0.25) is 4.79 Å². The molecule has 0 fully saturated rings. The number of benzene rings is 1. The highest BCUT2D eigenvalue weighted by Crippen LogP contribution is 2.10. The maximum atomic E-state index is 12.2. The van der Waals surface area contributed by atoms with Gasteiger partial charge in [0.25, 0.3) is 5.91 Å². The van der Waals surface area contributed by atoms with E-state index in [1.807, 2.05) is 13.8 Å². The van der Waals surface area contributed by atoms with Crippen molar-refractivity contribution in [3.05, 3.63) is 47.2 Å². The van der Waals surface area contributed by atoms with Crippen LogP contribution in [0.2, 0.25) is 0 Å². The van der Waals surface area contributed by atoms with E-state index in [4.69, 9.17) is 9.26 Å². The van der Waals surface area contributed by atoms with Crippen molar-refractivity contribution in [3.8, 4) is 0 Å². The molecule has 1 aromatic carbocycles. The predicted molar refractivity (Wildman–Crippen MR) is 102 cm³/mol. The number of hydrogen-bond acceptors (Lipinski definition) is 6. The summed E-state index contributed by atoms with van der Waals surface area (Å²) < 4.78 is 10.0. The van der Waals surface area contributed by atoms with Crippen LogP contribution in [0.3, 0.4) is 0 Å². The number of anilines is 1. The molecule has 0 unspecified atom stereocenters. The second kappa shape index (κ2) is 9.54. The summed E-state index contributed by atoms with van der Waals surface area (Å²) in [7, 11) is 0. The summed E-state index contributed by atoms with van der Waals surface area (Å²) in [5.41, 5.74) is 1.12. The van der Waals surface area contributed by atoms with E-state index in [2.05, 4.69) is 21.1 Å². The number of carbonyl (C=O) groups excluding carboxylic acids is 3. The highest BCUT2D eigenvalue weighted by molar-refractivity contribution is 5.96. The van der Waals surface area contributed by atoms with Crippen LogP contribution in [0.1, 0.15) is 42.5 Å². The summed E-state index contributed by atoms with van der Waals surface area (Å²) in [5, 5.41) is 11.6. The van der Waals surface area contributed by atoms with Crippen molar-refractivity contribution in [2.45, 2.75) is 46.4 Å². The Hall–Kier alpha value is -3.36. The van der Waals surface area contributed by atoms with Gasteiger partial charge in [0, 0.05) is 18.7 Å². The van der Waals surface area contributed by atoms with Crippen LogP contribution >= 0.6 is 0 Å². The summed E-state index contributed by atoms with van der Waals surface area (Å²) in [5.74, 6) is -0.338. The van der Waals surface area contributed by atoms with Crippen LogP contribution in [-0.4, -0.2) is 35.2 Å². The molecule has 0 aliphatic heterocycles. The summed E-state index contributed by atoms with van der Waals surface area (Å²) in [6, 6.07) is 7.90. The van der Waals surface area contributed by atoms with Gasteiger partial charge in [-0.15, -0.1) is 0 Å². The number of aryl methyl sites for hydroxylation is 1. The largest absolute Gasteiger partial charge is 0.449 e. The first-order valence-electron chi connectivity index (χ1n) is 8.83. The van der Waals surface area contributed by atoms with E-state index in [1.54, 1.807) is 37.3 Å². The second-order valence-corrected chi connectivity index (χ2v) is 6.54. The Labute approximate surface area is 162 Å². The van der Waals surface area contributed by atoms with Crippen LogP contribution in [0.5, 0.6) is 0 Å². The second-order valence-electron chi connectivity index (χ2n) is 6.54. The molecule has 1 atom stereocenters. The molecule has 2 aromatic rings. The zero-order valence-corrected chi connectivity index (χ0v) is 16.2. The van der Waals surface area contributed by atoms with Gasteiger partial charge in [0.2, 0.25) is 0 Å². The zero-order valence-electron chi connectivity index (χ0n) is 16.2. The fourth-order valence-electron chi connectivity index (χ4n) is 2.19. The first kappa shape index (κ1) is 20.9. The number of aromatic nitrogens is 1. The highest BCUT2D eigenvalue weighted by atomic mass is 16.5. The minimum atomic E-state index is -1.01. The van der Waals surface area contributed by atoms with E-state index >= 15 is 0 Å². The monoisotopic (exact) mass is 388 g/mol. The van der Waals surface area contributed by atoms with Gasteiger partial charge >= 0.3 is 12.0 Å². The first-order valence-corrected chi connectivity index (χ1v) is 8.83. The Morgan fingerprint density at radius 3 is 2.39 bits per heavy atom. The number of nitrogens with zero attached hydrogens (tertiary/aromatic N) is 1. The van der Waals surface area contributed by atoms with E-state index in [1.165, 1.54) is 6.92 Å². The van der Waals surface area contributed by atoms with Gasteiger partial charge in [0.15, 0.2) is 11.9 Å². The molecule has 1 heterocycles. The van der Waals surface area contributed by atoms with E-state index in [0.29, 0.717) is 17.9 Å². The third kappa shape index (κ3) is 6.42. The Bertz CT molecular complexity index is 829. The van der Waals surface area contributed by atoms with Crippen LogP contribution < -0.4 is 16.0 Å². The number of carbonyl (C=O) groups is 3. The average Bonchev–Trinajstić information content (AvgIpc) is 3.04. The molecule has 0 saturated carbocycles. The lowest BCUT2D eigenvalue weighted by molar-refractivity contribution is -0.123. The fraction of sp³-hybridized carbons (Fsp3) is 0.368. The first-order chi connectivity index (χ1) is 13.2. The minimum Gasteiger partial charge on any atom is -0.449 e. The molecule has 0 bridgehead atoms. The zero-order chi connectivity index (χ0) is 20.7. The maximum absolute atomic E-state index is 12.2. The van der Waals surface area contributed by atoms with Crippen molar-refractivity contribution in [1.29, 1.82) is 0 Å². The lowest BCUT2D eigenvalue weighted by Gasteiger charge is -2.13. The molecular weight excluding hydrogens is 364 g/mol. The van der Waals surface area contributed by atoms with Gasteiger partial charge in [-0.05, 0) is 45.4 Å². The molecule has 9 nitrogen and oxygen atoms in total. The van der Waals surface area contributed by atoms with E-state index < -0.39 is 18.0 Å². The van der Waals surface area contributed by atoms with Gasteiger partial charge in [-0.1, -0.05) is 17.3 Å². The number of hydrogen-bond donors (Lipinski definition) is 3. The van der Waals surface area contributed by atoms with Crippen molar-refractivity contribution in [3.63, 3.8) is 0 Å². The van der Waals surface area contributed by atoms with Gasteiger partial charge in [-0.25, -0.2) is 9.59 Å². The predicted octanol–water partition coefficient (Wildman–Crippen LogP) is 2.37. The average molecular weight is 388 g/mol. The van der Waals surface area contributed by atoms with Crippen molar-refractivity contribution >= 4 is 23.7 Å². The van der Waals surface area contributed by atoms with Crippen LogP contribution in [0.4, 0.5) is 10.6 Å². The fourth-order valence-corrected chi connectivity index (χ4v) is 2.19. The van der Waals surface area contributed by atoms with Crippen molar-refractivity contribution in [1.82, 2.24) is 15.8 Å². The molecule has 0 spiro atoms. The van der Waals surface area contributed by atoms with Gasteiger partial charge in [0.1, 0.15) is 5.76 Å². The molecule has 3 amide bonds. The lowest BCUT2D eigenvalue weighted by Crippen LogP contribution is -2.39. The molecule has 150 valence electrons. The third-order valence-electron chi connectivity index (χ3n) is 3.59. The summed E-state index contributed by atoms with van der Waals surface area (Å²) >= 11 is 0. The number of ether oxygens (including phenoxy) is 1. The quantitative estimate of drug-likeness (QED) is 0.626. The minimum absolute atomic E-state index is 0.0460. The number of amides is 3. The normalized spacial score (nSPS) is 11.6. The smallest absolute Gasteiger partial charge is 0.338 e. The van der Waals surface area contributed by atoms with Crippen LogP contribution in [0.25, 0.3) is 0 Å². The topological polar surface area (TPSA) is 123 Å². The molecule has 28 heavy (non-hydrogen) atoms. The number of nitrogens with one attached hydrogen (secondary N) is 3. The summed E-state index contributed by atoms with van der Waals surface area (Å²) in [6.45, 7) is 7.22. The van der Waals surface area contributed by atoms with Crippen molar-refractivity contribution < 1.29 is 23.6 Å². The van der Waals surface area contributed by atoms with Crippen molar-refractivity contribution in [2.75, 3.05) is 5.32 Å². The summed E-state index contributed by atoms with van der Waals surface area (Å²) in [4.78, 5) is 35.8. The molecule has 0 radical (unpaired) electrons. The number of rotatable bonds is 7. The molecule has 0 aliphatic carbocycles. The molecule has 3 N–H and O–H groups in total. The number of urea groups is 1. The number of esters is 1. The van der Waals surface area contributed by atoms with Crippen molar-refractivity contribution in [2.24, 2.45) is 0 Å². The van der Waals surface area contributed by atoms with Gasteiger partial charge in [0.05, 0.1) is 5.56 Å². The molecule has 1 aromatic heterocycles. The Morgan fingerprint density at radius 2 is 1.82 bits per heavy atom. The third-order valence-corrected chi connectivity index (χ3v) is 3.59. The Morgan fingerprint density at radius 1 is 1.14 bits per heavy atom.